The Morgan fingerprint density at radius 3 is 2.31 bits per heavy atom. The summed E-state index contributed by atoms with van der Waals surface area (Å²) in [5, 5.41) is 6.33. The summed E-state index contributed by atoms with van der Waals surface area (Å²) in [5.41, 5.74) is -0.745. The lowest BCUT2D eigenvalue weighted by Crippen LogP contribution is -2.61. The van der Waals surface area contributed by atoms with Crippen LogP contribution >= 0.6 is 11.6 Å². The minimum Gasteiger partial charge on any atom is -0.495 e. The summed E-state index contributed by atoms with van der Waals surface area (Å²) < 4.78 is 46.2. The van der Waals surface area contributed by atoms with Gasteiger partial charge in [0.1, 0.15) is 17.1 Å². The SMILES string of the molecule is COc1ccc(Nc2ncc(C(F)(F)F)c(NC3CC(C)(C)N(C)C(C)(C)C3)n2)cc1Cl. The van der Waals surface area contributed by atoms with Crippen LogP contribution in [-0.2, 0) is 6.18 Å². The minimum atomic E-state index is -4.58. The van der Waals surface area contributed by atoms with E-state index in [4.69, 9.17) is 16.3 Å². The zero-order valence-corrected chi connectivity index (χ0v) is 19.8. The van der Waals surface area contributed by atoms with Crippen molar-refractivity contribution in [1.29, 1.82) is 0 Å². The Morgan fingerprint density at radius 1 is 1.16 bits per heavy atom. The lowest BCUT2D eigenvalue weighted by atomic mass is 9.77. The average Bonchev–Trinajstić information content (AvgIpc) is 2.65. The van der Waals surface area contributed by atoms with Gasteiger partial charge in [-0.1, -0.05) is 11.6 Å². The van der Waals surface area contributed by atoms with E-state index in [0.717, 1.165) is 6.20 Å². The van der Waals surface area contributed by atoms with Crippen LogP contribution in [0.15, 0.2) is 24.4 Å². The Bertz CT molecular complexity index is 963. The molecule has 0 radical (unpaired) electrons. The Hall–Kier alpha value is -2.26. The van der Waals surface area contributed by atoms with E-state index < -0.39 is 11.7 Å². The predicted molar refractivity (Wildman–Crippen MR) is 121 cm³/mol. The van der Waals surface area contributed by atoms with Crippen LogP contribution in [0.3, 0.4) is 0 Å². The number of rotatable bonds is 5. The molecule has 176 valence electrons. The summed E-state index contributed by atoms with van der Waals surface area (Å²) in [6.45, 7) is 8.36. The Labute approximate surface area is 191 Å². The molecule has 0 atom stereocenters. The lowest BCUT2D eigenvalue weighted by molar-refractivity contribution is -0.137. The van der Waals surface area contributed by atoms with Crippen LogP contribution in [0, 0.1) is 0 Å². The third-order valence-electron chi connectivity index (χ3n) is 6.15. The molecule has 0 aliphatic carbocycles. The van der Waals surface area contributed by atoms with Crippen molar-refractivity contribution in [2.45, 2.75) is 63.8 Å². The zero-order chi connectivity index (χ0) is 23.9. The number of nitrogens with one attached hydrogen (secondary N) is 2. The van der Waals surface area contributed by atoms with Crippen LogP contribution in [0.25, 0.3) is 0 Å². The highest BCUT2D eigenvalue weighted by Crippen LogP contribution is 2.40. The highest BCUT2D eigenvalue weighted by Gasteiger charge is 2.44. The van der Waals surface area contributed by atoms with Crippen molar-refractivity contribution in [3.8, 4) is 5.75 Å². The Kier molecular flexibility index (Phi) is 6.55. The molecule has 2 heterocycles. The van der Waals surface area contributed by atoms with Gasteiger partial charge in [0.05, 0.1) is 12.1 Å². The van der Waals surface area contributed by atoms with E-state index in [1.165, 1.54) is 7.11 Å². The summed E-state index contributed by atoms with van der Waals surface area (Å²) in [4.78, 5) is 10.3. The van der Waals surface area contributed by atoms with Crippen LogP contribution in [0.5, 0.6) is 5.75 Å². The number of ether oxygens (including phenoxy) is 1. The molecule has 1 aromatic heterocycles. The van der Waals surface area contributed by atoms with Gasteiger partial charge in [-0.05, 0) is 65.8 Å². The van der Waals surface area contributed by atoms with Crippen molar-refractivity contribution in [3.05, 3.63) is 35.0 Å². The van der Waals surface area contributed by atoms with Gasteiger partial charge >= 0.3 is 6.18 Å². The molecule has 1 aliphatic rings. The summed E-state index contributed by atoms with van der Waals surface area (Å²) in [5.74, 6) is 0.282. The summed E-state index contributed by atoms with van der Waals surface area (Å²) in [6.07, 6.45) is -2.44. The van der Waals surface area contributed by atoms with Crippen LogP contribution in [0.4, 0.5) is 30.6 Å². The standard InChI is InChI=1S/C22H29ClF3N5O/c1-20(2)10-14(11-21(3,4)31(20)5)28-18-15(22(24,25)26)12-27-19(30-18)29-13-7-8-17(32-6)16(23)9-13/h7-9,12,14H,10-11H2,1-6H3,(H2,27,28,29,30). The van der Waals surface area contributed by atoms with Crippen molar-refractivity contribution in [1.82, 2.24) is 14.9 Å². The van der Waals surface area contributed by atoms with Gasteiger partial charge in [-0.3, -0.25) is 4.90 Å². The van der Waals surface area contributed by atoms with Crippen molar-refractivity contribution in [2.24, 2.45) is 0 Å². The van der Waals surface area contributed by atoms with Gasteiger partial charge in [0.2, 0.25) is 5.95 Å². The maximum atomic E-state index is 13.7. The quantitative estimate of drug-likeness (QED) is 0.560. The first-order valence-corrected chi connectivity index (χ1v) is 10.7. The first-order chi connectivity index (χ1) is 14.7. The van der Waals surface area contributed by atoms with Crippen LogP contribution < -0.4 is 15.4 Å². The fraction of sp³-hybridized carbons (Fsp3) is 0.545. The van der Waals surface area contributed by atoms with E-state index in [9.17, 15) is 13.2 Å². The summed E-state index contributed by atoms with van der Waals surface area (Å²) >= 11 is 6.14. The van der Waals surface area contributed by atoms with Gasteiger partial charge in [-0.15, -0.1) is 0 Å². The summed E-state index contributed by atoms with van der Waals surface area (Å²) in [6, 6.07) is 4.74. The van der Waals surface area contributed by atoms with Crippen molar-refractivity contribution in [3.63, 3.8) is 0 Å². The first-order valence-electron chi connectivity index (χ1n) is 10.3. The predicted octanol–water partition coefficient (Wildman–Crippen LogP) is 5.96. The molecule has 10 heteroatoms. The molecule has 32 heavy (non-hydrogen) atoms. The maximum absolute atomic E-state index is 13.7. The Morgan fingerprint density at radius 2 is 1.78 bits per heavy atom. The molecule has 0 amide bonds. The number of likely N-dealkylation sites (tertiary alicyclic amines) is 1. The van der Waals surface area contributed by atoms with Crippen molar-refractivity contribution in [2.75, 3.05) is 24.8 Å². The fourth-order valence-electron chi connectivity index (χ4n) is 4.30. The first kappa shape index (κ1) is 24.4. The maximum Gasteiger partial charge on any atom is 0.421 e. The second kappa shape index (κ2) is 8.59. The van der Waals surface area contributed by atoms with Gasteiger partial charge in [0.15, 0.2) is 0 Å². The third kappa shape index (κ3) is 5.20. The number of nitrogens with zero attached hydrogens (tertiary/aromatic N) is 3. The second-order valence-electron chi connectivity index (χ2n) is 9.36. The topological polar surface area (TPSA) is 62.3 Å². The second-order valence-corrected chi connectivity index (χ2v) is 9.77. The lowest BCUT2D eigenvalue weighted by Gasteiger charge is -2.53. The van der Waals surface area contributed by atoms with Gasteiger partial charge < -0.3 is 15.4 Å². The van der Waals surface area contributed by atoms with E-state index in [2.05, 4.69) is 53.2 Å². The molecule has 0 bridgehead atoms. The molecular weight excluding hydrogens is 443 g/mol. The smallest absolute Gasteiger partial charge is 0.421 e. The zero-order valence-electron chi connectivity index (χ0n) is 19.1. The molecule has 1 aliphatic heterocycles. The molecule has 0 saturated carbocycles. The van der Waals surface area contributed by atoms with Crippen LogP contribution in [-0.4, -0.2) is 46.1 Å². The van der Waals surface area contributed by atoms with E-state index >= 15 is 0 Å². The molecule has 1 saturated heterocycles. The van der Waals surface area contributed by atoms with Crippen LogP contribution in [0.1, 0.15) is 46.1 Å². The number of anilines is 3. The van der Waals surface area contributed by atoms with Crippen molar-refractivity contribution >= 4 is 29.1 Å². The molecule has 3 rings (SSSR count). The molecule has 2 aromatic rings. The van der Waals surface area contributed by atoms with Gasteiger partial charge in [0.25, 0.3) is 0 Å². The number of hydrogen-bond acceptors (Lipinski definition) is 6. The minimum absolute atomic E-state index is 0.0354. The van der Waals surface area contributed by atoms with E-state index in [1.54, 1.807) is 18.2 Å². The number of hydrogen-bond donors (Lipinski definition) is 2. The number of alkyl halides is 3. The molecule has 1 aromatic carbocycles. The average molecular weight is 472 g/mol. The number of methoxy groups -OCH3 is 1. The normalized spacial score (nSPS) is 18.9. The number of piperidine rings is 1. The highest BCUT2D eigenvalue weighted by molar-refractivity contribution is 6.32. The fourth-order valence-corrected chi connectivity index (χ4v) is 4.56. The molecule has 6 nitrogen and oxygen atoms in total. The monoisotopic (exact) mass is 471 g/mol. The van der Waals surface area contributed by atoms with E-state index in [-0.39, 0.29) is 28.9 Å². The molecule has 0 unspecified atom stereocenters. The molecule has 0 spiro atoms. The number of aromatic nitrogens is 2. The van der Waals surface area contributed by atoms with Crippen LogP contribution in [0.2, 0.25) is 5.02 Å². The van der Waals surface area contributed by atoms with E-state index in [0.29, 0.717) is 29.3 Å². The Balaban J connectivity index is 1.91. The number of halogens is 4. The van der Waals surface area contributed by atoms with Gasteiger partial charge in [-0.2, -0.15) is 18.2 Å². The molecular formula is C22H29ClF3N5O. The number of benzene rings is 1. The largest absolute Gasteiger partial charge is 0.495 e. The van der Waals surface area contributed by atoms with Gasteiger partial charge in [0, 0.05) is 29.0 Å². The summed E-state index contributed by atoms with van der Waals surface area (Å²) in [7, 11) is 3.54. The van der Waals surface area contributed by atoms with Crippen molar-refractivity contribution < 1.29 is 17.9 Å². The molecule has 1 fully saturated rings. The van der Waals surface area contributed by atoms with Gasteiger partial charge in [-0.25, -0.2) is 4.98 Å². The molecule has 2 N–H and O–H groups in total. The highest BCUT2D eigenvalue weighted by atomic mass is 35.5. The van der Waals surface area contributed by atoms with E-state index in [1.807, 2.05) is 7.05 Å². The third-order valence-corrected chi connectivity index (χ3v) is 6.45.